The number of aromatic nitrogens is 2. The lowest BCUT2D eigenvalue weighted by Gasteiger charge is -2.21. The first kappa shape index (κ1) is 13.8. The zero-order chi connectivity index (χ0) is 13.8. The zero-order valence-electron chi connectivity index (χ0n) is 12.2. The molecule has 2 aromatic rings. The highest BCUT2D eigenvalue weighted by Crippen LogP contribution is 2.17. The minimum absolute atomic E-state index is 0.352. The number of aryl methyl sites for hydroxylation is 2. The maximum absolute atomic E-state index is 4.24. The van der Waals surface area contributed by atoms with Crippen molar-refractivity contribution in [1.82, 2.24) is 15.1 Å². The summed E-state index contributed by atoms with van der Waals surface area (Å²) in [5.41, 5.74) is 4.04. The molecule has 1 aromatic heterocycles. The van der Waals surface area contributed by atoms with E-state index in [1.807, 2.05) is 23.1 Å². The Morgan fingerprint density at radius 1 is 1.21 bits per heavy atom. The third-order valence-corrected chi connectivity index (χ3v) is 3.59. The Hall–Kier alpha value is -1.61. The van der Waals surface area contributed by atoms with Crippen molar-refractivity contribution in [3.05, 3.63) is 53.3 Å². The molecule has 0 bridgehead atoms. The van der Waals surface area contributed by atoms with E-state index < -0.39 is 0 Å². The van der Waals surface area contributed by atoms with Gasteiger partial charge < -0.3 is 5.32 Å². The fraction of sp³-hybridized carbons (Fsp3) is 0.438. The highest BCUT2D eigenvalue weighted by molar-refractivity contribution is 5.31. The quantitative estimate of drug-likeness (QED) is 0.891. The Balaban J connectivity index is 1.96. The first-order valence-electron chi connectivity index (χ1n) is 6.87. The molecule has 0 amide bonds. The van der Waals surface area contributed by atoms with Gasteiger partial charge >= 0.3 is 0 Å². The van der Waals surface area contributed by atoms with Crippen LogP contribution in [0.25, 0.3) is 0 Å². The van der Waals surface area contributed by atoms with Crippen molar-refractivity contribution in [2.75, 3.05) is 0 Å². The summed E-state index contributed by atoms with van der Waals surface area (Å²) in [5, 5.41) is 7.86. The van der Waals surface area contributed by atoms with Gasteiger partial charge in [-0.1, -0.05) is 18.2 Å². The second-order valence-electron chi connectivity index (χ2n) is 5.36. The first-order chi connectivity index (χ1) is 9.06. The van der Waals surface area contributed by atoms with Crippen molar-refractivity contribution < 1.29 is 0 Å². The predicted molar refractivity (Wildman–Crippen MR) is 79.2 cm³/mol. The van der Waals surface area contributed by atoms with Crippen molar-refractivity contribution in [3.63, 3.8) is 0 Å². The van der Waals surface area contributed by atoms with Crippen LogP contribution in [0, 0.1) is 13.8 Å². The van der Waals surface area contributed by atoms with Crippen LogP contribution in [0.4, 0.5) is 0 Å². The van der Waals surface area contributed by atoms with E-state index in [4.69, 9.17) is 0 Å². The SMILES string of the molecule is Cc1ccc(C(C)NC(C)Cn2cccn2)cc1C. The van der Waals surface area contributed by atoms with Crippen LogP contribution in [0.5, 0.6) is 0 Å². The smallest absolute Gasteiger partial charge is 0.0560 e. The molecule has 0 spiro atoms. The number of nitrogens with one attached hydrogen (secondary N) is 1. The molecule has 1 aromatic carbocycles. The molecular formula is C16H23N3. The van der Waals surface area contributed by atoms with Gasteiger partial charge in [-0.3, -0.25) is 4.68 Å². The van der Waals surface area contributed by atoms with Crippen molar-refractivity contribution in [2.24, 2.45) is 0 Å². The molecule has 102 valence electrons. The van der Waals surface area contributed by atoms with Gasteiger partial charge in [0.1, 0.15) is 0 Å². The number of benzene rings is 1. The molecule has 0 radical (unpaired) electrons. The second-order valence-corrected chi connectivity index (χ2v) is 5.36. The summed E-state index contributed by atoms with van der Waals surface area (Å²) in [5.74, 6) is 0. The van der Waals surface area contributed by atoms with Gasteiger partial charge in [-0.25, -0.2) is 0 Å². The second kappa shape index (κ2) is 6.02. The van der Waals surface area contributed by atoms with Gasteiger partial charge in [0.05, 0.1) is 6.54 Å². The molecular weight excluding hydrogens is 234 g/mol. The van der Waals surface area contributed by atoms with Crippen molar-refractivity contribution in [2.45, 2.75) is 46.3 Å². The lowest BCUT2D eigenvalue weighted by Crippen LogP contribution is -2.32. The summed E-state index contributed by atoms with van der Waals surface area (Å²) < 4.78 is 1.96. The lowest BCUT2D eigenvalue weighted by atomic mass is 10.0. The van der Waals surface area contributed by atoms with Crippen molar-refractivity contribution in [3.8, 4) is 0 Å². The molecule has 0 aliphatic carbocycles. The van der Waals surface area contributed by atoms with E-state index in [0.717, 1.165) is 6.54 Å². The van der Waals surface area contributed by atoms with Gasteiger partial charge in [0.2, 0.25) is 0 Å². The molecule has 2 atom stereocenters. The van der Waals surface area contributed by atoms with Crippen molar-refractivity contribution in [1.29, 1.82) is 0 Å². The molecule has 0 saturated heterocycles. The molecule has 0 aliphatic rings. The molecule has 0 fully saturated rings. The summed E-state index contributed by atoms with van der Waals surface area (Å²) in [6.07, 6.45) is 3.82. The number of hydrogen-bond donors (Lipinski definition) is 1. The fourth-order valence-corrected chi connectivity index (χ4v) is 2.30. The van der Waals surface area contributed by atoms with E-state index in [1.165, 1.54) is 16.7 Å². The molecule has 2 unspecified atom stereocenters. The van der Waals surface area contributed by atoms with E-state index >= 15 is 0 Å². The van der Waals surface area contributed by atoms with Crippen LogP contribution in [-0.4, -0.2) is 15.8 Å². The van der Waals surface area contributed by atoms with Gasteiger partial charge in [-0.2, -0.15) is 5.10 Å². The zero-order valence-corrected chi connectivity index (χ0v) is 12.2. The Bertz CT molecular complexity index is 517. The molecule has 3 nitrogen and oxygen atoms in total. The molecule has 1 heterocycles. The number of nitrogens with zero attached hydrogens (tertiary/aromatic N) is 2. The van der Waals surface area contributed by atoms with E-state index in [9.17, 15) is 0 Å². The van der Waals surface area contributed by atoms with Gasteiger partial charge in [0.25, 0.3) is 0 Å². The van der Waals surface area contributed by atoms with Crippen LogP contribution in [0.3, 0.4) is 0 Å². The summed E-state index contributed by atoms with van der Waals surface area (Å²) >= 11 is 0. The maximum Gasteiger partial charge on any atom is 0.0560 e. The van der Waals surface area contributed by atoms with Crippen LogP contribution in [-0.2, 0) is 6.54 Å². The number of rotatable bonds is 5. The molecule has 0 aliphatic heterocycles. The predicted octanol–water partition coefficient (Wildman–Crippen LogP) is 3.24. The van der Waals surface area contributed by atoms with Crippen LogP contribution in [0.15, 0.2) is 36.7 Å². The average Bonchev–Trinajstić information content (AvgIpc) is 2.85. The average molecular weight is 257 g/mol. The van der Waals surface area contributed by atoms with Crippen LogP contribution < -0.4 is 5.32 Å². The Labute approximate surface area is 115 Å². The molecule has 0 saturated carbocycles. The largest absolute Gasteiger partial charge is 0.306 e. The number of hydrogen-bond acceptors (Lipinski definition) is 2. The van der Waals surface area contributed by atoms with Gasteiger partial charge in [0.15, 0.2) is 0 Å². The topological polar surface area (TPSA) is 29.9 Å². The monoisotopic (exact) mass is 257 g/mol. The van der Waals surface area contributed by atoms with Crippen LogP contribution >= 0.6 is 0 Å². The standard InChI is InChI=1S/C16H23N3/c1-12-6-7-16(10-13(12)2)15(4)18-14(3)11-19-9-5-8-17-19/h5-10,14-15,18H,11H2,1-4H3. The van der Waals surface area contributed by atoms with Gasteiger partial charge in [-0.05, 0) is 50.5 Å². The Kier molecular flexibility index (Phi) is 4.38. The molecule has 3 heteroatoms. The third-order valence-electron chi connectivity index (χ3n) is 3.59. The summed E-state index contributed by atoms with van der Waals surface area (Å²) in [4.78, 5) is 0. The van der Waals surface area contributed by atoms with Crippen molar-refractivity contribution >= 4 is 0 Å². The maximum atomic E-state index is 4.24. The molecule has 2 rings (SSSR count). The van der Waals surface area contributed by atoms with E-state index in [0.29, 0.717) is 12.1 Å². The highest BCUT2D eigenvalue weighted by atomic mass is 15.3. The fourth-order valence-electron chi connectivity index (χ4n) is 2.30. The van der Waals surface area contributed by atoms with E-state index in [1.54, 1.807) is 0 Å². The van der Waals surface area contributed by atoms with E-state index in [2.05, 4.69) is 56.3 Å². The van der Waals surface area contributed by atoms with Crippen LogP contribution in [0.1, 0.15) is 36.6 Å². The van der Waals surface area contributed by atoms with Gasteiger partial charge in [0, 0.05) is 24.5 Å². The van der Waals surface area contributed by atoms with Crippen LogP contribution in [0.2, 0.25) is 0 Å². The Morgan fingerprint density at radius 3 is 2.63 bits per heavy atom. The lowest BCUT2D eigenvalue weighted by molar-refractivity contribution is 0.413. The highest BCUT2D eigenvalue weighted by Gasteiger charge is 2.10. The summed E-state index contributed by atoms with van der Waals surface area (Å²) in [6, 6.07) is 9.37. The summed E-state index contributed by atoms with van der Waals surface area (Å²) in [7, 11) is 0. The minimum Gasteiger partial charge on any atom is -0.306 e. The third kappa shape index (κ3) is 3.67. The van der Waals surface area contributed by atoms with E-state index in [-0.39, 0.29) is 0 Å². The molecule has 19 heavy (non-hydrogen) atoms. The van der Waals surface area contributed by atoms with Gasteiger partial charge in [-0.15, -0.1) is 0 Å². The Morgan fingerprint density at radius 2 is 2.00 bits per heavy atom. The normalized spacial score (nSPS) is 14.3. The first-order valence-corrected chi connectivity index (χ1v) is 6.87. The summed E-state index contributed by atoms with van der Waals surface area (Å²) in [6.45, 7) is 9.61. The minimum atomic E-state index is 0.352. The molecule has 1 N–H and O–H groups in total.